The molecule has 2 atom stereocenters. The Balaban J connectivity index is 0.000000509. The van der Waals surface area contributed by atoms with Crippen LogP contribution in [0.25, 0.3) is 10.9 Å². The van der Waals surface area contributed by atoms with Crippen LogP contribution < -0.4 is 11.1 Å². The molecule has 0 aliphatic carbocycles. The van der Waals surface area contributed by atoms with Crippen LogP contribution in [0.3, 0.4) is 0 Å². The van der Waals surface area contributed by atoms with Crippen LogP contribution in [-0.2, 0) is 27.2 Å². The van der Waals surface area contributed by atoms with Crippen molar-refractivity contribution in [3.8, 4) is 5.75 Å². The molecule has 7 N–H and O–H groups in total. The largest absolute Gasteiger partial charge is 0.508 e. The predicted molar refractivity (Wildman–Crippen MR) is 115 cm³/mol. The maximum Gasteiger partial charge on any atom is 0.490 e. The van der Waals surface area contributed by atoms with Gasteiger partial charge in [0.25, 0.3) is 0 Å². The number of aromatic amines is 1. The van der Waals surface area contributed by atoms with E-state index in [-0.39, 0.29) is 18.6 Å². The fourth-order valence-corrected chi connectivity index (χ4v) is 2.98. The van der Waals surface area contributed by atoms with Gasteiger partial charge in [-0.1, -0.05) is 30.3 Å². The van der Waals surface area contributed by atoms with Gasteiger partial charge in [0.05, 0.1) is 6.04 Å². The molecule has 34 heavy (non-hydrogen) atoms. The number of rotatable bonds is 7. The minimum atomic E-state index is -5.08. The summed E-state index contributed by atoms with van der Waals surface area (Å²) < 4.78 is 31.7. The lowest BCUT2D eigenvalue weighted by Crippen LogP contribution is -2.50. The number of carbonyl (C=O) groups excluding carboxylic acids is 1. The van der Waals surface area contributed by atoms with Crippen LogP contribution in [-0.4, -0.2) is 56.4 Å². The number of fused-ring (bicyclic) bond motifs is 1. The van der Waals surface area contributed by atoms with E-state index in [9.17, 15) is 33.0 Å². The molecule has 1 aromatic heterocycles. The summed E-state index contributed by atoms with van der Waals surface area (Å²) in [6.07, 6.45) is -2.94. The van der Waals surface area contributed by atoms with Gasteiger partial charge in [0, 0.05) is 23.5 Å². The van der Waals surface area contributed by atoms with Gasteiger partial charge in [-0.15, -0.1) is 0 Å². The monoisotopic (exact) mass is 481 g/mol. The SMILES string of the molecule is N[C@@H](Cc1ccc(O)cc1)C(=O)N[C@@H](Cc1c[nH]c2ccccc12)C(=O)O.O=C(O)C(F)(F)F. The first-order valence-corrected chi connectivity index (χ1v) is 9.80. The second-order valence-electron chi connectivity index (χ2n) is 7.24. The average molecular weight is 481 g/mol. The van der Waals surface area contributed by atoms with Gasteiger partial charge in [0.2, 0.25) is 5.91 Å². The van der Waals surface area contributed by atoms with Gasteiger partial charge in [-0.05, 0) is 35.7 Å². The number of phenolic OH excluding ortho intramolecular Hbond substituents is 1. The predicted octanol–water partition coefficient (Wildman–Crippen LogP) is 2.19. The number of para-hydroxylation sites is 1. The Morgan fingerprint density at radius 1 is 1.00 bits per heavy atom. The Morgan fingerprint density at radius 3 is 2.15 bits per heavy atom. The fraction of sp³-hybridized carbons (Fsp3) is 0.227. The molecule has 0 radical (unpaired) electrons. The molecule has 3 rings (SSSR count). The number of hydrogen-bond donors (Lipinski definition) is 6. The highest BCUT2D eigenvalue weighted by Crippen LogP contribution is 2.19. The molecule has 0 aliphatic heterocycles. The Labute approximate surface area is 191 Å². The van der Waals surface area contributed by atoms with Crippen molar-refractivity contribution in [2.24, 2.45) is 5.73 Å². The maximum atomic E-state index is 12.4. The number of amides is 1. The van der Waals surface area contributed by atoms with Gasteiger partial charge in [-0.25, -0.2) is 9.59 Å². The van der Waals surface area contributed by atoms with Gasteiger partial charge in [0.1, 0.15) is 11.8 Å². The number of benzene rings is 2. The van der Waals surface area contributed by atoms with Crippen molar-refractivity contribution in [2.75, 3.05) is 0 Å². The molecule has 0 saturated carbocycles. The number of carboxylic acid groups (broad SMARTS) is 2. The van der Waals surface area contributed by atoms with Crippen LogP contribution in [0.15, 0.2) is 54.7 Å². The number of nitrogens with one attached hydrogen (secondary N) is 2. The van der Waals surface area contributed by atoms with Crippen LogP contribution >= 0.6 is 0 Å². The van der Waals surface area contributed by atoms with Gasteiger partial charge < -0.3 is 31.4 Å². The number of hydrogen-bond acceptors (Lipinski definition) is 5. The lowest BCUT2D eigenvalue weighted by Gasteiger charge is -2.18. The minimum Gasteiger partial charge on any atom is -0.508 e. The number of aliphatic carboxylic acids is 2. The second-order valence-corrected chi connectivity index (χ2v) is 7.24. The summed E-state index contributed by atoms with van der Waals surface area (Å²) in [6, 6.07) is 12.0. The topological polar surface area (TPSA) is 166 Å². The molecular weight excluding hydrogens is 459 g/mol. The molecule has 1 amide bonds. The lowest BCUT2D eigenvalue weighted by atomic mass is 10.0. The third-order valence-corrected chi connectivity index (χ3v) is 4.68. The zero-order valence-electron chi connectivity index (χ0n) is 17.5. The molecule has 0 aliphatic rings. The van der Waals surface area contributed by atoms with Crippen LogP contribution in [0, 0.1) is 0 Å². The first kappa shape index (κ1) is 26.2. The van der Waals surface area contributed by atoms with Gasteiger partial charge in [-0.2, -0.15) is 13.2 Å². The van der Waals surface area contributed by atoms with E-state index < -0.39 is 36.1 Å². The van der Waals surface area contributed by atoms with Crippen LogP contribution in [0.1, 0.15) is 11.1 Å². The van der Waals surface area contributed by atoms with Crippen molar-refractivity contribution in [3.05, 3.63) is 65.9 Å². The van der Waals surface area contributed by atoms with E-state index in [0.29, 0.717) is 0 Å². The number of phenols is 1. The van der Waals surface area contributed by atoms with Gasteiger partial charge in [0.15, 0.2) is 0 Å². The van der Waals surface area contributed by atoms with Crippen molar-refractivity contribution in [2.45, 2.75) is 31.1 Å². The molecule has 0 bridgehead atoms. The molecule has 0 fully saturated rings. The van der Waals surface area contributed by atoms with Crippen molar-refractivity contribution >= 4 is 28.7 Å². The van der Waals surface area contributed by atoms with E-state index >= 15 is 0 Å². The Bertz CT molecular complexity index is 1140. The number of halogens is 3. The number of nitrogens with two attached hydrogens (primary N) is 1. The Hall–Kier alpha value is -4.06. The summed E-state index contributed by atoms with van der Waals surface area (Å²) >= 11 is 0. The number of aromatic nitrogens is 1. The van der Waals surface area contributed by atoms with Crippen LogP contribution in [0.4, 0.5) is 13.2 Å². The third-order valence-electron chi connectivity index (χ3n) is 4.68. The fourth-order valence-electron chi connectivity index (χ4n) is 2.98. The zero-order chi connectivity index (χ0) is 25.5. The Kier molecular flexibility index (Phi) is 8.62. The van der Waals surface area contributed by atoms with E-state index in [1.165, 1.54) is 12.1 Å². The van der Waals surface area contributed by atoms with E-state index in [0.717, 1.165) is 22.0 Å². The van der Waals surface area contributed by atoms with Crippen molar-refractivity contribution in [1.82, 2.24) is 10.3 Å². The summed E-state index contributed by atoms with van der Waals surface area (Å²) in [7, 11) is 0. The van der Waals surface area contributed by atoms with Crippen LogP contribution in [0.5, 0.6) is 5.75 Å². The summed E-state index contributed by atoms with van der Waals surface area (Å²) in [5, 5.41) is 29.4. The molecule has 182 valence electrons. The lowest BCUT2D eigenvalue weighted by molar-refractivity contribution is -0.192. The second kappa shape index (κ2) is 11.2. The highest BCUT2D eigenvalue weighted by atomic mass is 19.4. The summed E-state index contributed by atoms with van der Waals surface area (Å²) in [5.41, 5.74) is 8.42. The smallest absolute Gasteiger partial charge is 0.490 e. The van der Waals surface area contributed by atoms with Crippen molar-refractivity contribution in [1.29, 1.82) is 0 Å². The molecular formula is C22H22F3N3O6. The molecule has 0 spiro atoms. The summed E-state index contributed by atoms with van der Waals surface area (Å²) in [5.74, 6) is -4.28. The summed E-state index contributed by atoms with van der Waals surface area (Å²) in [6.45, 7) is 0. The molecule has 0 saturated heterocycles. The van der Waals surface area contributed by atoms with E-state index in [1.54, 1.807) is 18.3 Å². The first-order chi connectivity index (χ1) is 15.9. The molecule has 0 unspecified atom stereocenters. The van der Waals surface area contributed by atoms with Crippen LogP contribution in [0.2, 0.25) is 0 Å². The standard InChI is InChI=1S/C20H21N3O4.C2HF3O2/c21-16(9-12-5-7-14(24)8-6-12)19(25)23-18(20(26)27)10-13-11-22-17-4-2-1-3-15(13)17;3-2(4,5)1(6)7/h1-8,11,16,18,22,24H,9-10,21H2,(H,23,25)(H,26,27);(H,6,7)/t16-,18-;/m0./s1. The molecule has 9 nitrogen and oxygen atoms in total. The van der Waals surface area contributed by atoms with E-state index in [1.807, 2.05) is 24.3 Å². The molecule has 2 aromatic carbocycles. The molecule has 3 aromatic rings. The van der Waals surface area contributed by atoms with Gasteiger partial charge in [-0.3, -0.25) is 4.79 Å². The summed E-state index contributed by atoms with van der Waals surface area (Å²) in [4.78, 5) is 36.0. The van der Waals surface area contributed by atoms with E-state index in [2.05, 4.69) is 10.3 Å². The number of alkyl halides is 3. The molecule has 1 heterocycles. The maximum absolute atomic E-state index is 12.4. The van der Waals surface area contributed by atoms with E-state index in [4.69, 9.17) is 15.6 Å². The number of aromatic hydroxyl groups is 1. The Morgan fingerprint density at radius 2 is 1.59 bits per heavy atom. The number of carboxylic acids is 2. The average Bonchev–Trinajstić information content (AvgIpc) is 3.17. The molecule has 12 heteroatoms. The highest BCUT2D eigenvalue weighted by molar-refractivity contribution is 5.88. The van der Waals surface area contributed by atoms with Crippen molar-refractivity contribution in [3.63, 3.8) is 0 Å². The normalized spacial score (nSPS) is 12.8. The quantitative estimate of drug-likeness (QED) is 0.301. The highest BCUT2D eigenvalue weighted by Gasteiger charge is 2.38. The van der Waals surface area contributed by atoms with Gasteiger partial charge >= 0.3 is 18.1 Å². The zero-order valence-corrected chi connectivity index (χ0v) is 17.5. The number of H-pyrrole nitrogens is 1. The number of carbonyl (C=O) groups is 3. The minimum absolute atomic E-state index is 0.126. The third kappa shape index (κ3) is 7.52. The first-order valence-electron chi connectivity index (χ1n) is 9.80. The van der Waals surface area contributed by atoms with Crippen molar-refractivity contribution < 1.29 is 42.9 Å².